The molecule has 30 heavy (non-hydrogen) atoms. The van der Waals surface area contributed by atoms with E-state index in [0.29, 0.717) is 18.7 Å². The minimum atomic E-state index is -0.0637. The van der Waals surface area contributed by atoms with E-state index in [-0.39, 0.29) is 5.91 Å². The zero-order valence-electron chi connectivity index (χ0n) is 17.5. The van der Waals surface area contributed by atoms with E-state index in [1.165, 1.54) is 5.56 Å². The minimum absolute atomic E-state index is 0.0637. The zero-order valence-corrected chi connectivity index (χ0v) is 17.5. The van der Waals surface area contributed by atoms with Crippen molar-refractivity contribution in [3.63, 3.8) is 0 Å². The smallest absolute Gasteiger partial charge is 0.250 e. The molecule has 2 aliphatic rings. The molecule has 1 N–H and O–H groups in total. The molecule has 2 aliphatic heterocycles. The summed E-state index contributed by atoms with van der Waals surface area (Å²) in [6.07, 6.45) is 1.89. The Labute approximate surface area is 178 Å². The lowest BCUT2D eigenvalue weighted by Crippen LogP contribution is -2.48. The lowest BCUT2D eigenvalue weighted by molar-refractivity contribution is -0.117. The van der Waals surface area contributed by atoms with Gasteiger partial charge in [0.2, 0.25) is 0 Å². The third kappa shape index (κ3) is 5.20. The molecule has 0 aliphatic carbocycles. The van der Waals surface area contributed by atoms with Gasteiger partial charge in [0.15, 0.2) is 0 Å². The summed E-state index contributed by atoms with van der Waals surface area (Å²) < 4.78 is 11.0. The topological polar surface area (TPSA) is 54.0 Å². The molecule has 0 saturated carbocycles. The first kappa shape index (κ1) is 20.4. The fourth-order valence-electron chi connectivity index (χ4n) is 3.87. The summed E-state index contributed by atoms with van der Waals surface area (Å²) in [5, 5.41) is 3.04. The molecule has 0 unspecified atom stereocenters. The van der Waals surface area contributed by atoms with Crippen LogP contribution >= 0.6 is 0 Å². The van der Waals surface area contributed by atoms with Gasteiger partial charge in [-0.15, -0.1) is 0 Å². The number of methoxy groups -OCH3 is 1. The Morgan fingerprint density at radius 2 is 1.83 bits per heavy atom. The Balaban J connectivity index is 1.20. The molecule has 1 amide bonds. The molecule has 0 aromatic heterocycles. The SMILES string of the molecule is COc1ccc2c(c1)C=C(C(=O)NCCN1CCN(Cc3ccccc3)CC1)CO2. The van der Waals surface area contributed by atoms with Crippen molar-refractivity contribution < 1.29 is 14.3 Å². The highest BCUT2D eigenvalue weighted by molar-refractivity contribution is 5.99. The average Bonchev–Trinajstić information content (AvgIpc) is 2.80. The van der Waals surface area contributed by atoms with Crippen LogP contribution in [0, 0.1) is 0 Å². The predicted molar refractivity (Wildman–Crippen MR) is 118 cm³/mol. The molecular weight excluding hydrogens is 378 g/mol. The Hall–Kier alpha value is -2.83. The van der Waals surface area contributed by atoms with Crippen molar-refractivity contribution >= 4 is 12.0 Å². The van der Waals surface area contributed by atoms with Gasteiger partial charge in [0.25, 0.3) is 5.91 Å². The third-order valence-electron chi connectivity index (χ3n) is 5.65. The molecule has 2 aromatic carbocycles. The van der Waals surface area contributed by atoms with Crippen molar-refractivity contribution in [1.29, 1.82) is 0 Å². The second-order valence-corrected chi connectivity index (χ2v) is 7.72. The number of fused-ring (bicyclic) bond motifs is 1. The van der Waals surface area contributed by atoms with Crippen LogP contribution in [0.4, 0.5) is 0 Å². The van der Waals surface area contributed by atoms with Crippen molar-refractivity contribution in [2.75, 3.05) is 53.0 Å². The third-order valence-corrected chi connectivity index (χ3v) is 5.65. The number of hydrogen-bond acceptors (Lipinski definition) is 5. The van der Waals surface area contributed by atoms with E-state index < -0.39 is 0 Å². The number of carbonyl (C=O) groups is 1. The molecule has 0 atom stereocenters. The molecule has 2 aromatic rings. The van der Waals surface area contributed by atoms with Crippen LogP contribution in [0.15, 0.2) is 54.1 Å². The number of ether oxygens (including phenoxy) is 2. The maximum atomic E-state index is 12.5. The van der Waals surface area contributed by atoms with Crippen LogP contribution in [-0.4, -0.2) is 68.7 Å². The highest BCUT2D eigenvalue weighted by Gasteiger charge is 2.19. The summed E-state index contributed by atoms with van der Waals surface area (Å²) in [5.41, 5.74) is 2.88. The van der Waals surface area contributed by atoms with Gasteiger partial charge in [-0.3, -0.25) is 14.6 Å². The molecular formula is C24H29N3O3. The fraction of sp³-hybridized carbons (Fsp3) is 0.375. The highest BCUT2D eigenvalue weighted by atomic mass is 16.5. The standard InChI is InChI=1S/C24H29N3O3/c1-29-22-7-8-23-20(16-22)15-21(18-30-23)24(28)25-9-10-26-11-13-27(14-12-26)17-19-5-3-2-4-6-19/h2-8,15-16H,9-14,17-18H2,1H3,(H,25,28). The van der Waals surface area contributed by atoms with Crippen molar-refractivity contribution in [2.24, 2.45) is 0 Å². The molecule has 2 heterocycles. The Morgan fingerprint density at radius 1 is 1.07 bits per heavy atom. The Bertz CT molecular complexity index is 890. The maximum Gasteiger partial charge on any atom is 0.250 e. The van der Waals surface area contributed by atoms with Gasteiger partial charge < -0.3 is 14.8 Å². The number of amides is 1. The number of piperazine rings is 1. The minimum Gasteiger partial charge on any atom is -0.497 e. The quantitative estimate of drug-likeness (QED) is 0.764. The first-order valence-corrected chi connectivity index (χ1v) is 10.5. The van der Waals surface area contributed by atoms with Gasteiger partial charge in [-0.05, 0) is 29.8 Å². The fourth-order valence-corrected chi connectivity index (χ4v) is 3.87. The first-order valence-electron chi connectivity index (χ1n) is 10.5. The van der Waals surface area contributed by atoms with Gasteiger partial charge in [0, 0.05) is 51.4 Å². The summed E-state index contributed by atoms with van der Waals surface area (Å²) in [6.45, 7) is 6.97. The largest absolute Gasteiger partial charge is 0.497 e. The molecule has 4 rings (SSSR count). The molecule has 1 saturated heterocycles. The van der Waals surface area contributed by atoms with Crippen LogP contribution in [0.1, 0.15) is 11.1 Å². The van der Waals surface area contributed by atoms with Crippen molar-refractivity contribution in [1.82, 2.24) is 15.1 Å². The normalized spacial score (nSPS) is 16.9. The van der Waals surface area contributed by atoms with Gasteiger partial charge in [-0.25, -0.2) is 0 Å². The van der Waals surface area contributed by atoms with Crippen molar-refractivity contribution in [2.45, 2.75) is 6.54 Å². The Morgan fingerprint density at radius 3 is 2.60 bits per heavy atom. The van der Waals surface area contributed by atoms with Crippen LogP contribution < -0.4 is 14.8 Å². The van der Waals surface area contributed by atoms with Gasteiger partial charge in [-0.2, -0.15) is 0 Å². The number of nitrogens with one attached hydrogen (secondary N) is 1. The summed E-state index contributed by atoms with van der Waals surface area (Å²) in [7, 11) is 1.63. The molecule has 158 valence electrons. The second kappa shape index (κ2) is 9.78. The van der Waals surface area contributed by atoms with Gasteiger partial charge in [-0.1, -0.05) is 30.3 Å². The second-order valence-electron chi connectivity index (χ2n) is 7.72. The maximum absolute atomic E-state index is 12.5. The lowest BCUT2D eigenvalue weighted by Gasteiger charge is -2.34. The van der Waals surface area contributed by atoms with Crippen LogP contribution in [-0.2, 0) is 11.3 Å². The number of carbonyl (C=O) groups excluding carboxylic acids is 1. The van der Waals surface area contributed by atoms with Crippen molar-refractivity contribution in [3.05, 3.63) is 65.2 Å². The van der Waals surface area contributed by atoms with E-state index in [2.05, 4.69) is 45.4 Å². The summed E-state index contributed by atoms with van der Waals surface area (Å²) in [5.74, 6) is 1.47. The van der Waals surface area contributed by atoms with E-state index in [9.17, 15) is 4.79 Å². The summed E-state index contributed by atoms with van der Waals surface area (Å²) in [4.78, 5) is 17.4. The zero-order chi connectivity index (χ0) is 20.8. The van der Waals surface area contributed by atoms with Gasteiger partial charge >= 0.3 is 0 Å². The van der Waals surface area contributed by atoms with Crippen LogP contribution in [0.5, 0.6) is 11.5 Å². The molecule has 0 bridgehead atoms. The number of rotatable bonds is 7. The van der Waals surface area contributed by atoms with Gasteiger partial charge in [0.1, 0.15) is 18.1 Å². The average molecular weight is 408 g/mol. The lowest BCUT2D eigenvalue weighted by atomic mass is 10.1. The monoisotopic (exact) mass is 407 g/mol. The number of benzene rings is 2. The predicted octanol–water partition coefficient (Wildman–Crippen LogP) is 2.41. The molecule has 0 spiro atoms. The van der Waals surface area contributed by atoms with E-state index in [1.807, 2.05) is 24.3 Å². The molecule has 1 fully saturated rings. The van der Waals surface area contributed by atoms with E-state index >= 15 is 0 Å². The number of hydrogen-bond donors (Lipinski definition) is 1. The van der Waals surface area contributed by atoms with Crippen LogP contribution in [0.2, 0.25) is 0 Å². The molecule has 6 heteroatoms. The van der Waals surface area contributed by atoms with Crippen LogP contribution in [0.3, 0.4) is 0 Å². The van der Waals surface area contributed by atoms with E-state index in [0.717, 1.165) is 56.3 Å². The van der Waals surface area contributed by atoms with Crippen LogP contribution in [0.25, 0.3) is 6.08 Å². The van der Waals surface area contributed by atoms with Gasteiger partial charge in [0.05, 0.1) is 12.7 Å². The molecule has 6 nitrogen and oxygen atoms in total. The number of nitrogens with zero attached hydrogens (tertiary/aromatic N) is 2. The highest BCUT2D eigenvalue weighted by Crippen LogP contribution is 2.29. The summed E-state index contributed by atoms with van der Waals surface area (Å²) >= 11 is 0. The molecule has 0 radical (unpaired) electrons. The van der Waals surface area contributed by atoms with E-state index in [4.69, 9.17) is 9.47 Å². The Kier molecular flexibility index (Phi) is 6.67. The van der Waals surface area contributed by atoms with Crippen molar-refractivity contribution in [3.8, 4) is 11.5 Å². The first-order chi connectivity index (χ1) is 14.7. The summed E-state index contributed by atoms with van der Waals surface area (Å²) in [6, 6.07) is 16.2. The van der Waals surface area contributed by atoms with E-state index in [1.54, 1.807) is 7.11 Å².